The van der Waals surface area contributed by atoms with Gasteiger partial charge in [-0.05, 0) is 35.4 Å². The van der Waals surface area contributed by atoms with Crippen molar-refractivity contribution in [3.05, 3.63) is 86.3 Å². The molecule has 1 unspecified atom stereocenters. The minimum Gasteiger partial charge on any atom is -0.336 e. The minimum absolute atomic E-state index is 0.317. The number of hydrogen-bond acceptors (Lipinski definition) is 2. The van der Waals surface area contributed by atoms with E-state index in [0.717, 1.165) is 26.3 Å². The third-order valence-electron chi connectivity index (χ3n) is 3.61. The Hall–Kier alpha value is -0.750. The lowest BCUT2D eigenvalue weighted by atomic mass is 10.1. The van der Waals surface area contributed by atoms with E-state index in [1.54, 1.807) is 0 Å². The summed E-state index contributed by atoms with van der Waals surface area (Å²) in [4.78, 5) is 4.15. The highest BCUT2D eigenvalue weighted by molar-refractivity contribution is 9.11. The molecule has 0 saturated heterocycles. The fourth-order valence-corrected chi connectivity index (χ4v) is 5.22. The van der Waals surface area contributed by atoms with E-state index in [-0.39, 0.29) is 0 Å². The molecule has 0 bridgehead atoms. The van der Waals surface area contributed by atoms with Gasteiger partial charge in [-0.2, -0.15) is 0 Å². The average molecular weight is 487 g/mol. The maximum atomic E-state index is 5.97. The van der Waals surface area contributed by atoms with Crippen LogP contribution in [0.2, 0.25) is 5.02 Å². The van der Waals surface area contributed by atoms with Crippen molar-refractivity contribution in [3.63, 3.8) is 0 Å². The van der Waals surface area contributed by atoms with Gasteiger partial charge in [-0.3, -0.25) is 0 Å². The second-order valence-electron chi connectivity index (χ2n) is 5.35. The first-order valence-corrected chi connectivity index (χ1v) is 10.4. The Morgan fingerprint density at radius 3 is 2.58 bits per heavy atom. The molecule has 1 aromatic heterocycles. The molecular formula is C18H15Br2ClN2S. The van der Waals surface area contributed by atoms with Gasteiger partial charge in [-0.15, -0.1) is 11.8 Å². The third kappa shape index (κ3) is 4.88. The first-order valence-electron chi connectivity index (χ1n) is 7.38. The molecule has 0 fully saturated rings. The average Bonchev–Trinajstić information content (AvgIpc) is 3.06. The van der Waals surface area contributed by atoms with Crippen molar-refractivity contribution in [2.75, 3.05) is 0 Å². The third-order valence-corrected chi connectivity index (χ3v) is 6.35. The fourth-order valence-electron chi connectivity index (χ4n) is 2.37. The van der Waals surface area contributed by atoms with Crippen LogP contribution in [0.1, 0.15) is 16.4 Å². The van der Waals surface area contributed by atoms with Crippen LogP contribution in [0, 0.1) is 0 Å². The lowest BCUT2D eigenvalue weighted by Crippen LogP contribution is -2.06. The van der Waals surface area contributed by atoms with Crippen LogP contribution >= 0.6 is 55.2 Å². The highest BCUT2D eigenvalue weighted by atomic mass is 79.9. The van der Waals surface area contributed by atoms with E-state index in [9.17, 15) is 0 Å². The Bertz CT molecular complexity index is 791. The first kappa shape index (κ1) is 18.1. The summed E-state index contributed by atoms with van der Waals surface area (Å²) in [6, 6.07) is 14.4. The number of halogens is 3. The van der Waals surface area contributed by atoms with Gasteiger partial charge in [0.2, 0.25) is 0 Å². The molecule has 0 aliphatic heterocycles. The van der Waals surface area contributed by atoms with Gasteiger partial charge in [0.15, 0.2) is 0 Å². The maximum Gasteiger partial charge on any atom is 0.0946 e. The summed E-state index contributed by atoms with van der Waals surface area (Å²) in [5.41, 5.74) is 2.55. The molecule has 24 heavy (non-hydrogen) atoms. The molecule has 0 spiro atoms. The van der Waals surface area contributed by atoms with E-state index in [2.05, 4.69) is 71.7 Å². The molecule has 0 N–H and O–H groups in total. The first-order chi connectivity index (χ1) is 11.6. The van der Waals surface area contributed by atoms with Crippen LogP contribution in [0.3, 0.4) is 0 Å². The van der Waals surface area contributed by atoms with Gasteiger partial charge in [0.1, 0.15) is 0 Å². The number of hydrogen-bond donors (Lipinski definition) is 0. The molecule has 1 atom stereocenters. The van der Waals surface area contributed by atoms with Crippen LogP contribution in [0.5, 0.6) is 0 Å². The summed E-state index contributed by atoms with van der Waals surface area (Å²) >= 11 is 15.1. The molecule has 3 aromatic rings. The quantitative estimate of drug-likeness (QED) is 0.384. The molecule has 1 heterocycles. The molecule has 124 valence electrons. The SMILES string of the molecule is Clc1ccc(CSC(Cn2ccnc2)c2ccc(Br)cc2Br)cc1. The second-order valence-corrected chi connectivity index (χ2v) is 8.75. The Labute approximate surface area is 167 Å². The van der Waals surface area contributed by atoms with Crippen LogP contribution in [0.4, 0.5) is 0 Å². The van der Waals surface area contributed by atoms with Gasteiger partial charge in [0.05, 0.1) is 6.33 Å². The van der Waals surface area contributed by atoms with Crippen LogP contribution < -0.4 is 0 Å². The van der Waals surface area contributed by atoms with Crippen molar-refractivity contribution in [3.8, 4) is 0 Å². The van der Waals surface area contributed by atoms with Gasteiger partial charge in [-0.25, -0.2) is 4.98 Å². The summed E-state index contributed by atoms with van der Waals surface area (Å²) in [5.74, 6) is 0.930. The molecule has 0 saturated carbocycles. The predicted molar refractivity (Wildman–Crippen MR) is 110 cm³/mol. The van der Waals surface area contributed by atoms with E-state index in [0.29, 0.717) is 5.25 Å². The van der Waals surface area contributed by atoms with Gasteiger partial charge in [-0.1, -0.05) is 61.7 Å². The Balaban J connectivity index is 1.80. The van der Waals surface area contributed by atoms with Crippen molar-refractivity contribution in [2.24, 2.45) is 0 Å². The van der Waals surface area contributed by atoms with E-state index in [4.69, 9.17) is 11.6 Å². The van der Waals surface area contributed by atoms with Crippen molar-refractivity contribution in [1.82, 2.24) is 9.55 Å². The summed E-state index contributed by atoms with van der Waals surface area (Å²) in [6.45, 7) is 0.874. The molecule has 6 heteroatoms. The summed E-state index contributed by atoms with van der Waals surface area (Å²) < 4.78 is 4.31. The maximum absolute atomic E-state index is 5.97. The lowest BCUT2D eigenvalue weighted by Gasteiger charge is -2.19. The van der Waals surface area contributed by atoms with Gasteiger partial charge < -0.3 is 4.57 Å². The zero-order valence-electron chi connectivity index (χ0n) is 12.7. The van der Waals surface area contributed by atoms with Crippen LogP contribution in [-0.4, -0.2) is 9.55 Å². The monoisotopic (exact) mass is 484 g/mol. The van der Waals surface area contributed by atoms with E-state index in [1.165, 1.54) is 11.1 Å². The highest BCUT2D eigenvalue weighted by Crippen LogP contribution is 2.38. The number of imidazole rings is 1. The molecule has 2 aromatic carbocycles. The summed E-state index contributed by atoms with van der Waals surface area (Å²) in [6.07, 6.45) is 5.68. The Morgan fingerprint density at radius 2 is 1.92 bits per heavy atom. The van der Waals surface area contributed by atoms with E-state index in [1.807, 2.05) is 42.6 Å². The number of rotatable bonds is 6. The van der Waals surface area contributed by atoms with Gasteiger partial charge in [0, 0.05) is 43.9 Å². The van der Waals surface area contributed by atoms with E-state index >= 15 is 0 Å². The van der Waals surface area contributed by atoms with E-state index < -0.39 is 0 Å². The topological polar surface area (TPSA) is 17.8 Å². The van der Waals surface area contributed by atoms with Crippen molar-refractivity contribution in [2.45, 2.75) is 17.5 Å². The number of aromatic nitrogens is 2. The summed E-state index contributed by atoms with van der Waals surface area (Å²) in [7, 11) is 0. The predicted octanol–water partition coefficient (Wildman–Crippen LogP) is 6.74. The Kier molecular flexibility index (Phi) is 6.44. The Morgan fingerprint density at radius 1 is 1.12 bits per heavy atom. The molecule has 0 aliphatic carbocycles. The fraction of sp³-hybridized carbons (Fsp3) is 0.167. The smallest absolute Gasteiger partial charge is 0.0946 e. The van der Waals surface area contributed by atoms with Crippen molar-refractivity contribution in [1.29, 1.82) is 0 Å². The van der Waals surface area contributed by atoms with Crippen molar-refractivity contribution < 1.29 is 0 Å². The van der Waals surface area contributed by atoms with Crippen LogP contribution in [-0.2, 0) is 12.3 Å². The second kappa shape index (κ2) is 8.56. The van der Waals surface area contributed by atoms with Gasteiger partial charge >= 0.3 is 0 Å². The number of thioether (sulfide) groups is 1. The zero-order chi connectivity index (χ0) is 16.9. The number of benzene rings is 2. The lowest BCUT2D eigenvalue weighted by molar-refractivity contribution is 0.681. The zero-order valence-corrected chi connectivity index (χ0v) is 17.4. The molecule has 0 aliphatic rings. The molecular weight excluding hydrogens is 472 g/mol. The molecule has 3 rings (SSSR count). The summed E-state index contributed by atoms with van der Waals surface area (Å²) in [5, 5.41) is 1.09. The molecule has 0 amide bonds. The van der Waals surface area contributed by atoms with Gasteiger partial charge in [0.25, 0.3) is 0 Å². The molecule has 2 nitrogen and oxygen atoms in total. The number of nitrogens with zero attached hydrogens (tertiary/aromatic N) is 2. The highest BCUT2D eigenvalue weighted by Gasteiger charge is 2.16. The minimum atomic E-state index is 0.317. The normalized spacial score (nSPS) is 12.3. The largest absolute Gasteiger partial charge is 0.336 e. The van der Waals surface area contributed by atoms with Crippen molar-refractivity contribution >= 4 is 55.2 Å². The van der Waals surface area contributed by atoms with Crippen LogP contribution in [0.25, 0.3) is 0 Å². The standard InChI is InChI=1S/C18H15Br2ClN2S/c19-14-3-6-16(17(20)9-14)18(10-23-8-7-22-12-23)24-11-13-1-4-15(21)5-2-13/h1-9,12,18H,10-11H2. The molecule has 0 radical (unpaired) electrons. The van der Waals surface area contributed by atoms with Crippen LogP contribution in [0.15, 0.2) is 70.1 Å².